The first-order valence-corrected chi connectivity index (χ1v) is 14.1. The van der Waals surface area contributed by atoms with Crippen LogP contribution in [0.4, 0.5) is 0 Å². The predicted octanol–water partition coefficient (Wildman–Crippen LogP) is -3.77. The topological polar surface area (TPSA) is 0 Å². The fraction of sp³-hybridized carbons (Fsp3) is 0.379. The van der Waals surface area contributed by atoms with Crippen molar-refractivity contribution >= 4 is 23.8 Å². The van der Waals surface area contributed by atoms with Crippen molar-refractivity contribution in [2.24, 2.45) is 0 Å². The molecule has 0 bridgehead atoms. The van der Waals surface area contributed by atoms with Gasteiger partial charge >= 0.3 is 204 Å². The molecule has 1 atom stereocenters. The molecule has 34 heavy (non-hydrogen) atoms. The Morgan fingerprint density at radius 1 is 0.735 bits per heavy atom. The van der Waals surface area contributed by atoms with Gasteiger partial charge < -0.3 is 37.2 Å². The minimum atomic E-state index is -0.530. The monoisotopic (exact) mass is 564 g/mol. The van der Waals surface area contributed by atoms with E-state index in [1.54, 1.807) is 25.4 Å². The van der Waals surface area contributed by atoms with E-state index in [4.69, 9.17) is 0 Å². The van der Waals surface area contributed by atoms with Crippen LogP contribution in [0, 0.1) is 34.6 Å². The smallest absolute Gasteiger partial charge is 1.00 e. The number of rotatable bonds is 6. The summed E-state index contributed by atoms with van der Waals surface area (Å²) in [6, 6.07) is 14.1. The average Bonchev–Trinajstić information content (AvgIpc) is 3.10. The van der Waals surface area contributed by atoms with Crippen molar-refractivity contribution in [3.8, 4) is 11.1 Å². The van der Waals surface area contributed by atoms with Crippen LogP contribution in [0.3, 0.4) is 0 Å². The van der Waals surface area contributed by atoms with Gasteiger partial charge in [-0.1, -0.05) is 0 Å². The fourth-order valence-corrected chi connectivity index (χ4v) is 8.61. The first-order chi connectivity index (χ1) is 14.9. The second kappa shape index (κ2) is 13.1. The molecule has 3 aromatic carbocycles. The van der Waals surface area contributed by atoms with Gasteiger partial charge in [-0.05, 0) is 0 Å². The maximum absolute atomic E-state index is 2.47. The summed E-state index contributed by atoms with van der Waals surface area (Å²) < 4.78 is 1.58. The van der Waals surface area contributed by atoms with Crippen LogP contribution in [-0.4, -0.2) is 9.52 Å². The zero-order valence-electron chi connectivity index (χ0n) is 21.2. The number of benzene rings is 3. The largest absolute Gasteiger partial charge is 1.00 e. The summed E-state index contributed by atoms with van der Waals surface area (Å²) in [6.45, 7) is 13.9. The molecule has 0 saturated carbocycles. The molecule has 0 amide bonds. The van der Waals surface area contributed by atoms with Crippen LogP contribution in [-0.2, 0) is 20.4 Å². The molecule has 1 aliphatic carbocycles. The van der Waals surface area contributed by atoms with Crippen LogP contribution in [0.2, 0.25) is 0 Å². The summed E-state index contributed by atoms with van der Waals surface area (Å²) in [5, 5.41) is 3.31. The van der Waals surface area contributed by atoms with Gasteiger partial charge in [0.1, 0.15) is 0 Å². The van der Waals surface area contributed by atoms with Gasteiger partial charge in [-0.3, -0.25) is 0 Å². The molecule has 0 N–H and O–H groups in total. The van der Waals surface area contributed by atoms with Gasteiger partial charge in [0.05, 0.1) is 0 Å². The molecule has 180 valence electrons. The van der Waals surface area contributed by atoms with Gasteiger partial charge in [0.15, 0.2) is 0 Å². The van der Waals surface area contributed by atoms with Crippen LogP contribution in [0.25, 0.3) is 11.1 Å². The zero-order chi connectivity index (χ0) is 22.3. The summed E-state index contributed by atoms with van der Waals surface area (Å²) in [6.07, 6.45) is 5.23. The molecule has 3 aromatic rings. The van der Waals surface area contributed by atoms with Crippen LogP contribution < -0.4 is 51.5 Å². The molecule has 0 nitrogen and oxygen atoms in total. The number of unbranched alkanes of at least 4 members (excludes halogenated alkanes) is 2. The van der Waals surface area contributed by atoms with E-state index in [1.165, 1.54) is 64.6 Å². The molecule has 5 heteroatoms. The molecular formula is C29H35Cl3SiTi. The maximum atomic E-state index is 2.47. The van der Waals surface area contributed by atoms with Crippen molar-refractivity contribution in [3.63, 3.8) is 0 Å². The Balaban J connectivity index is 0.00000193. The first-order valence-electron chi connectivity index (χ1n) is 11.9. The van der Waals surface area contributed by atoms with Gasteiger partial charge in [0, 0.05) is 0 Å². The van der Waals surface area contributed by atoms with Crippen molar-refractivity contribution in [3.05, 3.63) is 75.3 Å². The van der Waals surface area contributed by atoms with Crippen LogP contribution in [0.15, 0.2) is 36.4 Å². The van der Waals surface area contributed by atoms with Gasteiger partial charge in [0.2, 0.25) is 0 Å². The minimum Gasteiger partial charge on any atom is -1.00 e. The second-order valence-electron chi connectivity index (χ2n) is 9.48. The zero-order valence-corrected chi connectivity index (χ0v) is 26.5. The Labute approximate surface area is 239 Å². The summed E-state index contributed by atoms with van der Waals surface area (Å²) in [5.41, 5.74) is 13.7. The molecule has 0 fully saturated rings. The number of halogens is 3. The van der Waals surface area contributed by atoms with Crippen LogP contribution in [0.1, 0.15) is 77.5 Å². The second-order valence-corrected chi connectivity index (χ2v) is 12.1. The molecule has 0 aliphatic heterocycles. The number of hydrogen-bond acceptors (Lipinski definition) is 0. The van der Waals surface area contributed by atoms with E-state index in [0.29, 0.717) is 5.92 Å². The minimum absolute atomic E-state index is 0. The van der Waals surface area contributed by atoms with Gasteiger partial charge in [-0.2, -0.15) is 0 Å². The SMILES string of the molecule is CCCCCC1c2ccccc2-c2ccc([SiH2]c3c(C)c(C)c(C)c(C)c3C)[c]([Ti+3])c21.[Cl-].[Cl-].[Cl-]. The molecule has 0 heterocycles. The van der Waals surface area contributed by atoms with Gasteiger partial charge in [-0.25, -0.2) is 0 Å². The third-order valence-corrected chi connectivity index (χ3v) is 11.8. The normalized spacial score (nSPS) is 13.7. The summed E-state index contributed by atoms with van der Waals surface area (Å²) in [4.78, 5) is 0. The molecule has 0 saturated heterocycles. The molecule has 0 spiro atoms. The van der Waals surface area contributed by atoms with E-state index >= 15 is 0 Å². The van der Waals surface area contributed by atoms with Gasteiger partial charge in [0.25, 0.3) is 0 Å². The van der Waals surface area contributed by atoms with Crippen molar-refractivity contribution in [2.75, 3.05) is 0 Å². The first kappa shape index (κ1) is 31.5. The van der Waals surface area contributed by atoms with Crippen LogP contribution >= 0.6 is 0 Å². The van der Waals surface area contributed by atoms with Gasteiger partial charge in [-0.15, -0.1) is 0 Å². The Morgan fingerprint density at radius 3 is 1.94 bits per heavy atom. The van der Waals surface area contributed by atoms with Crippen LogP contribution in [0.5, 0.6) is 0 Å². The Bertz CT molecular complexity index is 1130. The third kappa shape index (κ3) is 5.56. The number of hydrogen-bond donors (Lipinski definition) is 0. The summed E-state index contributed by atoms with van der Waals surface area (Å²) >= 11 is 2.42. The van der Waals surface area contributed by atoms with E-state index in [-0.39, 0.29) is 37.2 Å². The molecular weight excluding hydrogens is 531 g/mol. The summed E-state index contributed by atoms with van der Waals surface area (Å²) in [5.74, 6) is 0.579. The van der Waals surface area contributed by atoms with Crippen molar-refractivity contribution in [1.29, 1.82) is 0 Å². The Kier molecular flexibility index (Phi) is 12.2. The molecule has 0 radical (unpaired) electrons. The van der Waals surface area contributed by atoms with E-state index < -0.39 is 9.52 Å². The quantitative estimate of drug-likeness (QED) is 0.213. The van der Waals surface area contributed by atoms with E-state index in [0.717, 1.165) is 0 Å². The van der Waals surface area contributed by atoms with E-state index in [1.807, 2.05) is 0 Å². The Hall–Kier alpha value is -0.539. The summed E-state index contributed by atoms with van der Waals surface area (Å²) in [7, 11) is -0.530. The predicted molar refractivity (Wildman–Crippen MR) is 135 cm³/mol. The third-order valence-electron chi connectivity index (χ3n) is 7.93. The Morgan fingerprint density at radius 2 is 1.32 bits per heavy atom. The number of fused-ring (bicyclic) bond motifs is 3. The van der Waals surface area contributed by atoms with E-state index in [2.05, 4.69) is 98.4 Å². The van der Waals surface area contributed by atoms with Crippen molar-refractivity contribution in [2.45, 2.75) is 73.1 Å². The average molecular weight is 566 g/mol. The standard InChI is InChI=1S/C29H35Si.3ClH.Ti/c1-7-8-9-12-26-24-13-10-11-14-25(24)27-16-15-23(17-28(26)27)30-29-21(5)19(3)18(2)20(4)22(29)6;;;;/h10-11,13-16,26H,7-9,12,30H2,1-6H3;3*1H;/q;;;;+3/p-3. The van der Waals surface area contributed by atoms with Crippen molar-refractivity contribution in [1.82, 2.24) is 0 Å². The van der Waals surface area contributed by atoms with Crippen molar-refractivity contribution < 1.29 is 57.7 Å². The fourth-order valence-electron chi connectivity index (χ4n) is 5.54. The van der Waals surface area contributed by atoms with E-state index in [9.17, 15) is 0 Å². The molecule has 4 rings (SSSR count). The maximum Gasteiger partial charge on any atom is -1.00 e. The molecule has 1 aliphatic rings. The molecule has 1 unspecified atom stereocenters. The molecule has 0 aromatic heterocycles.